The summed E-state index contributed by atoms with van der Waals surface area (Å²) < 4.78 is 1.77. The molecule has 0 aliphatic rings. The summed E-state index contributed by atoms with van der Waals surface area (Å²) in [5, 5.41) is 8.67. The van der Waals surface area contributed by atoms with Crippen molar-refractivity contribution in [2.45, 2.75) is 6.54 Å². The van der Waals surface area contributed by atoms with Gasteiger partial charge in [0.15, 0.2) is 0 Å². The highest BCUT2D eigenvalue weighted by Crippen LogP contribution is 2.19. The quantitative estimate of drug-likeness (QED) is 0.571. The lowest BCUT2D eigenvalue weighted by atomic mass is 10.1. The number of carbonyl (C=O) groups is 1. The molecule has 2 aromatic heterocycles. The van der Waals surface area contributed by atoms with Crippen LogP contribution >= 0.6 is 0 Å². The normalized spacial score (nSPS) is 10.8. The first-order valence-corrected chi connectivity index (χ1v) is 8.25. The maximum atomic E-state index is 12.9. The SMILES string of the molecule is CN(Cc1cccc2ncccc12)C(=O)c1cccc(-n2cnnc2)c1. The minimum Gasteiger partial charge on any atom is -0.337 e. The molecule has 6 nitrogen and oxygen atoms in total. The minimum atomic E-state index is -0.0409. The zero-order valence-electron chi connectivity index (χ0n) is 14.3. The first kappa shape index (κ1) is 16.0. The summed E-state index contributed by atoms with van der Waals surface area (Å²) in [6.45, 7) is 0.513. The molecule has 1 amide bonds. The van der Waals surface area contributed by atoms with Gasteiger partial charge in [-0.2, -0.15) is 0 Å². The van der Waals surface area contributed by atoms with E-state index in [9.17, 15) is 4.79 Å². The molecule has 0 aliphatic carbocycles. The molecule has 4 aromatic rings. The van der Waals surface area contributed by atoms with E-state index in [0.717, 1.165) is 22.2 Å². The molecule has 2 aromatic carbocycles. The van der Waals surface area contributed by atoms with E-state index in [0.29, 0.717) is 12.1 Å². The van der Waals surface area contributed by atoms with Crippen molar-refractivity contribution >= 4 is 16.8 Å². The van der Waals surface area contributed by atoms with Gasteiger partial charge in [0.25, 0.3) is 5.91 Å². The molecule has 4 rings (SSSR count). The van der Waals surface area contributed by atoms with Crippen LogP contribution in [0.4, 0.5) is 0 Å². The van der Waals surface area contributed by atoms with E-state index in [1.807, 2.05) is 61.6 Å². The molecule has 0 saturated heterocycles. The Labute approximate surface area is 150 Å². The summed E-state index contributed by atoms with van der Waals surface area (Å²) in [5.41, 5.74) is 3.47. The summed E-state index contributed by atoms with van der Waals surface area (Å²) in [5.74, 6) is -0.0409. The Morgan fingerprint density at radius 3 is 2.69 bits per heavy atom. The topological polar surface area (TPSA) is 63.9 Å². The second-order valence-electron chi connectivity index (χ2n) is 6.07. The molecule has 0 radical (unpaired) electrons. The Bertz CT molecular complexity index is 1050. The summed E-state index contributed by atoms with van der Waals surface area (Å²) >= 11 is 0. The second kappa shape index (κ2) is 6.76. The van der Waals surface area contributed by atoms with Crippen molar-refractivity contribution < 1.29 is 4.79 Å². The van der Waals surface area contributed by atoms with Crippen molar-refractivity contribution in [3.05, 3.63) is 84.6 Å². The number of nitrogens with zero attached hydrogens (tertiary/aromatic N) is 5. The van der Waals surface area contributed by atoms with Crippen LogP contribution in [-0.4, -0.2) is 37.6 Å². The van der Waals surface area contributed by atoms with Crippen LogP contribution in [0.3, 0.4) is 0 Å². The highest BCUT2D eigenvalue weighted by atomic mass is 16.2. The van der Waals surface area contributed by atoms with Crippen molar-refractivity contribution in [3.63, 3.8) is 0 Å². The van der Waals surface area contributed by atoms with Crippen LogP contribution in [0.2, 0.25) is 0 Å². The van der Waals surface area contributed by atoms with Crippen LogP contribution in [0.15, 0.2) is 73.4 Å². The molecule has 6 heteroatoms. The van der Waals surface area contributed by atoms with Crippen LogP contribution < -0.4 is 0 Å². The van der Waals surface area contributed by atoms with Gasteiger partial charge in [0.1, 0.15) is 12.7 Å². The summed E-state index contributed by atoms with van der Waals surface area (Å²) in [7, 11) is 1.81. The van der Waals surface area contributed by atoms with E-state index in [4.69, 9.17) is 0 Å². The van der Waals surface area contributed by atoms with Crippen molar-refractivity contribution in [1.82, 2.24) is 24.6 Å². The van der Waals surface area contributed by atoms with Crippen molar-refractivity contribution in [2.75, 3.05) is 7.05 Å². The van der Waals surface area contributed by atoms with Gasteiger partial charge in [0.2, 0.25) is 0 Å². The number of fused-ring (bicyclic) bond motifs is 1. The van der Waals surface area contributed by atoms with E-state index < -0.39 is 0 Å². The van der Waals surface area contributed by atoms with Crippen LogP contribution in [0, 0.1) is 0 Å². The van der Waals surface area contributed by atoms with Crippen molar-refractivity contribution in [2.24, 2.45) is 0 Å². The Kier molecular flexibility index (Phi) is 4.15. The molecule has 0 unspecified atom stereocenters. The molecule has 128 valence electrons. The van der Waals surface area contributed by atoms with E-state index in [1.54, 1.807) is 28.3 Å². The number of aromatic nitrogens is 4. The lowest BCUT2D eigenvalue weighted by Gasteiger charge is -2.19. The van der Waals surface area contributed by atoms with Crippen LogP contribution in [0.1, 0.15) is 15.9 Å². The minimum absolute atomic E-state index is 0.0409. The third kappa shape index (κ3) is 3.04. The molecular formula is C20H17N5O. The molecule has 0 bridgehead atoms. The molecule has 0 saturated carbocycles. The zero-order chi connectivity index (χ0) is 17.9. The third-order valence-corrected chi connectivity index (χ3v) is 4.30. The lowest BCUT2D eigenvalue weighted by Crippen LogP contribution is -2.26. The summed E-state index contributed by atoms with van der Waals surface area (Å²) in [6, 6.07) is 17.3. The second-order valence-corrected chi connectivity index (χ2v) is 6.07. The van der Waals surface area contributed by atoms with Gasteiger partial charge in [-0.3, -0.25) is 14.3 Å². The highest BCUT2D eigenvalue weighted by molar-refractivity contribution is 5.95. The third-order valence-electron chi connectivity index (χ3n) is 4.30. The molecule has 0 aliphatic heterocycles. The molecule has 2 heterocycles. The Morgan fingerprint density at radius 2 is 1.85 bits per heavy atom. The summed E-state index contributed by atoms with van der Waals surface area (Å²) in [4.78, 5) is 19.0. The first-order chi connectivity index (χ1) is 12.7. The largest absolute Gasteiger partial charge is 0.337 e. The van der Waals surface area contributed by atoms with Gasteiger partial charge >= 0.3 is 0 Å². The number of hydrogen-bond donors (Lipinski definition) is 0. The lowest BCUT2D eigenvalue weighted by molar-refractivity contribution is 0.0785. The molecule has 26 heavy (non-hydrogen) atoms. The van der Waals surface area contributed by atoms with Gasteiger partial charge in [-0.15, -0.1) is 10.2 Å². The fourth-order valence-corrected chi connectivity index (χ4v) is 2.99. The van der Waals surface area contributed by atoms with E-state index >= 15 is 0 Å². The Balaban J connectivity index is 1.59. The van der Waals surface area contributed by atoms with Crippen molar-refractivity contribution in [1.29, 1.82) is 0 Å². The van der Waals surface area contributed by atoms with E-state index in [2.05, 4.69) is 15.2 Å². The van der Waals surface area contributed by atoms with E-state index in [1.165, 1.54) is 0 Å². The maximum absolute atomic E-state index is 12.9. The van der Waals surface area contributed by atoms with Crippen LogP contribution in [-0.2, 0) is 6.54 Å². The molecule has 0 N–H and O–H groups in total. The standard InChI is InChI=1S/C20H17N5O/c1-24(12-16-6-3-9-19-18(16)8-4-10-21-19)20(26)15-5-2-7-17(11-15)25-13-22-23-14-25/h2-11,13-14H,12H2,1H3. The first-order valence-electron chi connectivity index (χ1n) is 8.25. The average Bonchev–Trinajstić information content (AvgIpc) is 3.23. The molecule has 0 spiro atoms. The number of benzene rings is 2. The zero-order valence-corrected chi connectivity index (χ0v) is 14.3. The van der Waals surface area contributed by atoms with E-state index in [-0.39, 0.29) is 5.91 Å². The monoisotopic (exact) mass is 343 g/mol. The van der Waals surface area contributed by atoms with Crippen LogP contribution in [0.5, 0.6) is 0 Å². The Morgan fingerprint density at radius 1 is 1.04 bits per heavy atom. The number of amides is 1. The molecule has 0 atom stereocenters. The number of carbonyl (C=O) groups excluding carboxylic acids is 1. The van der Waals surface area contributed by atoms with Gasteiger partial charge in [0.05, 0.1) is 5.52 Å². The van der Waals surface area contributed by atoms with Gasteiger partial charge in [-0.25, -0.2) is 0 Å². The number of hydrogen-bond acceptors (Lipinski definition) is 4. The van der Waals surface area contributed by atoms with Gasteiger partial charge in [-0.1, -0.05) is 24.3 Å². The Hall–Kier alpha value is -3.54. The maximum Gasteiger partial charge on any atom is 0.253 e. The van der Waals surface area contributed by atoms with Gasteiger partial charge in [0, 0.05) is 36.4 Å². The predicted molar refractivity (Wildman–Crippen MR) is 98.9 cm³/mol. The smallest absolute Gasteiger partial charge is 0.253 e. The predicted octanol–water partition coefficient (Wildman–Crippen LogP) is 3.09. The van der Waals surface area contributed by atoms with Crippen LogP contribution in [0.25, 0.3) is 16.6 Å². The number of rotatable bonds is 4. The summed E-state index contributed by atoms with van der Waals surface area (Å²) in [6.07, 6.45) is 4.99. The highest BCUT2D eigenvalue weighted by Gasteiger charge is 2.14. The van der Waals surface area contributed by atoms with Crippen molar-refractivity contribution in [3.8, 4) is 5.69 Å². The van der Waals surface area contributed by atoms with Gasteiger partial charge in [-0.05, 0) is 35.9 Å². The molecule has 0 fully saturated rings. The fourth-order valence-electron chi connectivity index (χ4n) is 2.99. The number of pyridine rings is 1. The van der Waals surface area contributed by atoms with Gasteiger partial charge < -0.3 is 4.90 Å². The fraction of sp³-hybridized carbons (Fsp3) is 0.100. The average molecular weight is 343 g/mol. The molecular weight excluding hydrogens is 326 g/mol.